The Kier molecular flexibility index (Phi) is 3.55. The van der Waals surface area contributed by atoms with Gasteiger partial charge in [-0.15, -0.1) is 0 Å². The molecule has 96 valence electrons. The Morgan fingerprint density at radius 3 is 2.50 bits per heavy atom. The van der Waals surface area contributed by atoms with Gasteiger partial charge in [-0.05, 0) is 32.8 Å². The van der Waals surface area contributed by atoms with Crippen molar-refractivity contribution in [3.05, 3.63) is 41.6 Å². The third-order valence-electron chi connectivity index (χ3n) is 2.91. The van der Waals surface area contributed by atoms with Crippen molar-refractivity contribution in [2.75, 3.05) is 6.54 Å². The van der Waals surface area contributed by atoms with E-state index in [9.17, 15) is 4.79 Å². The van der Waals surface area contributed by atoms with Crippen LogP contribution < -0.4 is 0 Å². The molecule has 0 bridgehead atoms. The first-order valence-electron chi connectivity index (χ1n) is 6.28. The zero-order valence-electron chi connectivity index (χ0n) is 11.1. The minimum atomic E-state index is -0.298. The van der Waals surface area contributed by atoms with Gasteiger partial charge in [-0.1, -0.05) is 30.3 Å². The second kappa shape index (κ2) is 4.97. The molecule has 1 saturated heterocycles. The predicted octanol–water partition coefficient (Wildman–Crippen LogP) is 2.92. The Hall–Kier alpha value is -1.57. The van der Waals surface area contributed by atoms with Crippen molar-refractivity contribution < 1.29 is 9.63 Å². The minimum absolute atomic E-state index is 0.103. The maximum Gasteiger partial charge on any atom is 0.148 e. The Labute approximate surface area is 108 Å². The Morgan fingerprint density at radius 2 is 1.94 bits per heavy atom. The molecule has 0 saturated carbocycles. The second-order valence-corrected chi connectivity index (χ2v) is 5.55. The molecule has 1 fully saturated rings. The van der Waals surface area contributed by atoms with Gasteiger partial charge >= 0.3 is 0 Å². The predicted molar refractivity (Wildman–Crippen MR) is 70.6 cm³/mol. The fourth-order valence-corrected chi connectivity index (χ4v) is 2.23. The molecule has 0 N–H and O–H groups in total. The molecule has 3 heteroatoms. The van der Waals surface area contributed by atoms with Gasteiger partial charge in [0.05, 0.1) is 5.60 Å². The molecule has 1 aliphatic heterocycles. The van der Waals surface area contributed by atoms with Gasteiger partial charge in [0.1, 0.15) is 11.6 Å². The molecule has 0 aromatic heterocycles. The van der Waals surface area contributed by atoms with E-state index < -0.39 is 0 Å². The summed E-state index contributed by atoms with van der Waals surface area (Å²) in [5, 5.41) is 1.70. The summed E-state index contributed by atoms with van der Waals surface area (Å²) in [6.07, 6.45) is 0.894. The Bertz CT molecular complexity index is 455. The lowest BCUT2D eigenvalue weighted by Crippen LogP contribution is -2.31. The molecule has 1 heterocycles. The number of carbonyl (C=O) groups excluding carboxylic acids is 1. The maximum atomic E-state index is 11.2. The first-order valence-corrected chi connectivity index (χ1v) is 6.28. The number of rotatable bonds is 2. The highest BCUT2D eigenvalue weighted by molar-refractivity contribution is 5.56. The largest absolute Gasteiger partial charge is 0.267 e. The molecular weight excluding hydrogens is 226 g/mol. The average Bonchev–Trinajstić information content (AvgIpc) is 2.70. The average molecular weight is 245 g/mol. The summed E-state index contributed by atoms with van der Waals surface area (Å²) in [6, 6.07) is 10.0. The van der Waals surface area contributed by atoms with Gasteiger partial charge in [0, 0.05) is 12.5 Å². The molecule has 0 amide bonds. The van der Waals surface area contributed by atoms with Crippen LogP contribution in [0.1, 0.15) is 38.7 Å². The fraction of sp³-hybridized carbons (Fsp3) is 0.467. The number of hydrogen-bond acceptors (Lipinski definition) is 3. The molecule has 1 atom stereocenters. The smallest absolute Gasteiger partial charge is 0.148 e. The van der Waals surface area contributed by atoms with Crippen LogP contribution in [0.25, 0.3) is 0 Å². The van der Waals surface area contributed by atoms with Crippen molar-refractivity contribution in [1.82, 2.24) is 5.06 Å². The summed E-state index contributed by atoms with van der Waals surface area (Å²) in [5.41, 5.74) is 1.46. The third kappa shape index (κ3) is 2.81. The van der Waals surface area contributed by atoms with Crippen molar-refractivity contribution in [3.63, 3.8) is 0 Å². The van der Waals surface area contributed by atoms with E-state index in [1.54, 1.807) is 5.06 Å². The Morgan fingerprint density at radius 1 is 1.28 bits per heavy atom. The van der Waals surface area contributed by atoms with Crippen LogP contribution >= 0.6 is 0 Å². The lowest BCUT2D eigenvalue weighted by molar-refractivity contribution is -0.197. The monoisotopic (exact) mass is 245 g/mol. The molecule has 18 heavy (non-hydrogen) atoms. The number of hydroxylamine groups is 2. The van der Waals surface area contributed by atoms with Gasteiger partial charge in [-0.25, -0.2) is 9.86 Å². The third-order valence-corrected chi connectivity index (χ3v) is 2.91. The first kappa shape index (κ1) is 12.9. The summed E-state index contributed by atoms with van der Waals surface area (Å²) in [5.74, 6) is 2.16. The lowest BCUT2D eigenvalue weighted by Gasteiger charge is -2.28. The van der Waals surface area contributed by atoms with Gasteiger partial charge in [-0.3, -0.25) is 4.84 Å². The molecule has 0 aliphatic carbocycles. The molecule has 0 radical (unpaired) electrons. The van der Waals surface area contributed by atoms with Gasteiger partial charge < -0.3 is 0 Å². The molecule has 2 rings (SSSR count). The van der Waals surface area contributed by atoms with Crippen molar-refractivity contribution in [2.24, 2.45) is 0 Å². The molecule has 1 aromatic rings. The number of hydrogen-bond donors (Lipinski definition) is 0. The van der Waals surface area contributed by atoms with Crippen LogP contribution in [0.4, 0.5) is 0 Å². The highest BCUT2D eigenvalue weighted by atomic mass is 16.7. The van der Waals surface area contributed by atoms with E-state index in [0.717, 1.165) is 18.5 Å². The fourth-order valence-electron chi connectivity index (χ4n) is 2.23. The van der Waals surface area contributed by atoms with E-state index >= 15 is 0 Å². The molecule has 3 nitrogen and oxygen atoms in total. The van der Waals surface area contributed by atoms with E-state index in [2.05, 4.69) is 5.94 Å². The van der Waals surface area contributed by atoms with Crippen molar-refractivity contribution in [2.45, 2.75) is 38.7 Å². The van der Waals surface area contributed by atoms with E-state index in [1.165, 1.54) is 0 Å². The maximum absolute atomic E-state index is 11.2. The van der Waals surface area contributed by atoms with Crippen LogP contribution in [0.2, 0.25) is 0 Å². The second-order valence-electron chi connectivity index (χ2n) is 5.55. The molecule has 1 aliphatic rings. The van der Waals surface area contributed by atoms with Gasteiger partial charge in [0.25, 0.3) is 0 Å². The van der Waals surface area contributed by atoms with E-state index in [0.29, 0.717) is 5.70 Å². The van der Waals surface area contributed by atoms with E-state index in [4.69, 9.17) is 4.84 Å². The summed E-state index contributed by atoms with van der Waals surface area (Å²) in [7, 11) is 0. The van der Waals surface area contributed by atoms with Crippen LogP contribution in [0, 0.1) is 0 Å². The van der Waals surface area contributed by atoms with Gasteiger partial charge in [0.2, 0.25) is 0 Å². The van der Waals surface area contributed by atoms with Crippen molar-refractivity contribution in [1.29, 1.82) is 0 Å². The van der Waals surface area contributed by atoms with Crippen LogP contribution in [0.3, 0.4) is 0 Å². The normalized spacial score (nSPS) is 20.1. The molecule has 1 unspecified atom stereocenters. The van der Waals surface area contributed by atoms with Crippen molar-refractivity contribution >= 4 is 5.94 Å². The number of nitrogens with zero attached hydrogens (tertiary/aromatic N) is 1. The number of allylic oxidation sites excluding steroid dienone is 1. The molecular formula is C15H19NO2. The summed E-state index contributed by atoms with van der Waals surface area (Å²) < 4.78 is 0. The lowest BCUT2D eigenvalue weighted by atomic mass is 9.96. The van der Waals surface area contributed by atoms with Crippen LogP contribution in [0.15, 0.2) is 36.0 Å². The molecule has 1 aromatic carbocycles. The van der Waals surface area contributed by atoms with Crippen LogP contribution in [0.5, 0.6) is 0 Å². The van der Waals surface area contributed by atoms with Gasteiger partial charge in [-0.2, -0.15) is 0 Å². The summed E-state index contributed by atoms with van der Waals surface area (Å²) in [6.45, 7) is 6.67. The highest BCUT2D eigenvalue weighted by Gasteiger charge is 2.33. The zero-order valence-corrected chi connectivity index (χ0v) is 11.1. The molecule has 0 spiro atoms. The quantitative estimate of drug-likeness (QED) is 0.750. The van der Waals surface area contributed by atoms with Crippen molar-refractivity contribution in [3.8, 4) is 0 Å². The van der Waals surface area contributed by atoms with E-state index in [1.807, 2.05) is 51.1 Å². The summed E-state index contributed by atoms with van der Waals surface area (Å²) in [4.78, 5) is 17.0. The standard InChI is InChI=1S/C15H19NO2/c1-15(2,3)18-16-10-9-13(14(16)11-17)12-7-5-4-6-8-12/h4-8,13H,9-10H2,1-3H3. The summed E-state index contributed by atoms with van der Waals surface area (Å²) >= 11 is 0. The van der Waals surface area contributed by atoms with Crippen LogP contribution in [-0.4, -0.2) is 23.2 Å². The van der Waals surface area contributed by atoms with E-state index in [-0.39, 0.29) is 11.5 Å². The minimum Gasteiger partial charge on any atom is -0.267 e. The topological polar surface area (TPSA) is 29.5 Å². The van der Waals surface area contributed by atoms with Gasteiger partial charge in [0.15, 0.2) is 0 Å². The number of benzene rings is 1. The zero-order chi connectivity index (χ0) is 13.2. The highest BCUT2D eigenvalue weighted by Crippen LogP contribution is 2.36. The SMILES string of the molecule is CC(C)(C)ON1CCC(c2ccccc2)C1=C=O. The van der Waals surface area contributed by atoms with Crippen LogP contribution in [-0.2, 0) is 9.63 Å². The first-order chi connectivity index (χ1) is 8.51. The Balaban J connectivity index is 2.20.